The molecule has 2 unspecified atom stereocenters. The third kappa shape index (κ3) is 6.38. The van der Waals surface area contributed by atoms with Gasteiger partial charge in [-0.3, -0.25) is 14.0 Å². The van der Waals surface area contributed by atoms with Gasteiger partial charge in [-0.25, -0.2) is 4.39 Å². The Balaban J connectivity index is 2.04. The van der Waals surface area contributed by atoms with Crippen molar-refractivity contribution in [1.29, 1.82) is 0 Å². The number of rotatable bonds is 10. The van der Waals surface area contributed by atoms with Crippen molar-refractivity contribution in [1.82, 2.24) is 9.78 Å². The topological polar surface area (TPSA) is 113 Å². The zero-order valence-corrected chi connectivity index (χ0v) is 19.5. The Bertz CT molecular complexity index is 1150. The van der Waals surface area contributed by atoms with E-state index in [1.165, 1.54) is 12.1 Å². The fraction of sp³-hybridized carbons (Fsp3) is 0.333. The lowest BCUT2D eigenvalue weighted by Gasteiger charge is -2.17. The molecule has 1 heterocycles. The van der Waals surface area contributed by atoms with Crippen LogP contribution in [0.4, 0.5) is 4.39 Å². The maximum atomic E-state index is 13.6. The second-order valence-corrected chi connectivity index (χ2v) is 10.8. The first-order chi connectivity index (χ1) is 15.6. The van der Waals surface area contributed by atoms with Crippen LogP contribution < -0.4 is 0 Å². The molecule has 3 aromatic rings. The number of benzene rings is 2. The first-order valence-corrected chi connectivity index (χ1v) is 12.7. The molecule has 3 N–H and O–H groups in total. The summed E-state index contributed by atoms with van der Waals surface area (Å²) in [5.74, 6) is -1.60. The number of halogens is 1. The predicted molar refractivity (Wildman–Crippen MR) is 125 cm³/mol. The van der Waals surface area contributed by atoms with E-state index in [1.807, 2.05) is 44.2 Å². The molecule has 33 heavy (non-hydrogen) atoms. The number of nitrogens with zero attached hydrogens (tertiary/aromatic N) is 2. The summed E-state index contributed by atoms with van der Waals surface area (Å²) in [5.41, 5.74) is 3.75. The van der Waals surface area contributed by atoms with Crippen molar-refractivity contribution in [2.24, 2.45) is 0 Å². The van der Waals surface area contributed by atoms with E-state index >= 15 is 0 Å². The van der Waals surface area contributed by atoms with Gasteiger partial charge in [0.2, 0.25) is 7.37 Å². The number of aliphatic carboxylic acids is 1. The van der Waals surface area contributed by atoms with Crippen molar-refractivity contribution in [2.45, 2.75) is 38.8 Å². The van der Waals surface area contributed by atoms with E-state index in [-0.39, 0.29) is 24.4 Å². The van der Waals surface area contributed by atoms with Crippen molar-refractivity contribution >= 4 is 13.3 Å². The zero-order valence-electron chi connectivity index (χ0n) is 18.6. The van der Waals surface area contributed by atoms with Gasteiger partial charge in [-0.2, -0.15) is 5.10 Å². The van der Waals surface area contributed by atoms with Crippen molar-refractivity contribution < 1.29 is 28.9 Å². The molecule has 9 heteroatoms. The minimum absolute atomic E-state index is 0.0488. The highest BCUT2D eigenvalue weighted by molar-refractivity contribution is 7.58. The van der Waals surface area contributed by atoms with Crippen LogP contribution in [-0.2, 0) is 15.8 Å². The fourth-order valence-corrected chi connectivity index (χ4v) is 5.35. The van der Waals surface area contributed by atoms with Gasteiger partial charge < -0.3 is 15.1 Å². The second-order valence-electron chi connectivity index (χ2n) is 8.34. The molecule has 0 aliphatic carbocycles. The van der Waals surface area contributed by atoms with Gasteiger partial charge in [0, 0.05) is 29.0 Å². The fourth-order valence-electron chi connectivity index (χ4n) is 3.82. The Kier molecular flexibility index (Phi) is 7.84. The van der Waals surface area contributed by atoms with E-state index in [1.54, 1.807) is 16.8 Å². The molecule has 3 rings (SSSR count). The Morgan fingerprint density at radius 1 is 1.09 bits per heavy atom. The predicted octanol–water partition coefficient (Wildman–Crippen LogP) is 4.59. The van der Waals surface area contributed by atoms with Gasteiger partial charge in [0.05, 0.1) is 18.7 Å². The Morgan fingerprint density at radius 2 is 1.73 bits per heavy atom. The summed E-state index contributed by atoms with van der Waals surface area (Å²) >= 11 is 0. The maximum Gasteiger partial charge on any atom is 0.305 e. The molecule has 2 atom stereocenters. The number of hydrogen-bond acceptors (Lipinski definition) is 4. The molecular formula is C24H28FN2O5P. The molecule has 0 radical (unpaired) electrons. The molecule has 0 saturated carbocycles. The average molecular weight is 474 g/mol. The first kappa shape index (κ1) is 24.8. The third-order valence-electron chi connectivity index (χ3n) is 5.28. The highest BCUT2D eigenvalue weighted by Gasteiger charge is 2.28. The molecule has 0 bridgehead atoms. The van der Waals surface area contributed by atoms with Gasteiger partial charge in [-0.1, -0.05) is 42.5 Å². The van der Waals surface area contributed by atoms with Gasteiger partial charge in [0.15, 0.2) is 0 Å². The lowest BCUT2D eigenvalue weighted by Crippen LogP contribution is -2.19. The van der Waals surface area contributed by atoms with Crippen LogP contribution in [0.15, 0.2) is 54.6 Å². The summed E-state index contributed by atoms with van der Waals surface area (Å²) in [6.45, 7) is 3.91. The highest BCUT2D eigenvalue weighted by atomic mass is 31.2. The number of aliphatic hydroxyl groups excluding tert-OH is 1. The molecule has 0 saturated heterocycles. The Morgan fingerprint density at radius 3 is 2.30 bits per heavy atom. The van der Waals surface area contributed by atoms with E-state index in [9.17, 15) is 23.7 Å². The maximum absolute atomic E-state index is 13.6. The first-order valence-electron chi connectivity index (χ1n) is 10.7. The number of carboxylic acids is 1. The third-order valence-corrected chi connectivity index (χ3v) is 7.20. The molecule has 2 aromatic carbocycles. The average Bonchev–Trinajstić information content (AvgIpc) is 3.12. The smallest absolute Gasteiger partial charge is 0.305 e. The number of carboxylic acid groups (broad SMARTS) is 1. The van der Waals surface area contributed by atoms with Gasteiger partial charge in [-0.05, 0) is 38.0 Å². The van der Waals surface area contributed by atoms with Gasteiger partial charge in [-0.15, -0.1) is 0 Å². The summed E-state index contributed by atoms with van der Waals surface area (Å²) in [6, 6.07) is 15.5. The van der Waals surface area contributed by atoms with E-state index < -0.39 is 32.0 Å². The summed E-state index contributed by atoms with van der Waals surface area (Å²) in [7, 11) is -3.82. The van der Waals surface area contributed by atoms with Gasteiger partial charge >= 0.3 is 5.97 Å². The summed E-state index contributed by atoms with van der Waals surface area (Å²) in [6.07, 6.45) is -2.45. The summed E-state index contributed by atoms with van der Waals surface area (Å²) in [4.78, 5) is 21.2. The molecule has 176 valence electrons. The van der Waals surface area contributed by atoms with E-state index in [4.69, 9.17) is 10.2 Å². The number of aromatic nitrogens is 2. The van der Waals surface area contributed by atoms with E-state index in [0.717, 1.165) is 22.4 Å². The van der Waals surface area contributed by atoms with Crippen molar-refractivity contribution in [2.75, 3.05) is 12.3 Å². The summed E-state index contributed by atoms with van der Waals surface area (Å²) in [5, 5.41) is 23.5. The van der Waals surface area contributed by atoms with Crippen LogP contribution in [0.1, 0.15) is 32.0 Å². The van der Waals surface area contributed by atoms with Crippen LogP contribution in [0.25, 0.3) is 22.4 Å². The minimum Gasteiger partial charge on any atom is -0.481 e. The monoisotopic (exact) mass is 474 g/mol. The molecule has 0 amide bonds. The summed E-state index contributed by atoms with van der Waals surface area (Å²) < 4.78 is 28.2. The number of hydrogen-bond donors (Lipinski definition) is 3. The molecule has 0 fully saturated rings. The number of aliphatic hydroxyl groups is 1. The molecule has 0 aliphatic heterocycles. The molecular weight excluding hydrogens is 446 g/mol. The molecule has 0 aliphatic rings. The minimum atomic E-state index is -3.82. The van der Waals surface area contributed by atoms with Crippen molar-refractivity contribution in [3.63, 3.8) is 0 Å². The van der Waals surface area contributed by atoms with Crippen LogP contribution in [0.2, 0.25) is 0 Å². The molecule has 7 nitrogen and oxygen atoms in total. The Labute approximate surface area is 192 Å². The largest absolute Gasteiger partial charge is 0.481 e. The van der Waals surface area contributed by atoms with Crippen molar-refractivity contribution in [3.05, 3.63) is 66.1 Å². The lowest BCUT2D eigenvalue weighted by atomic mass is 9.98. The van der Waals surface area contributed by atoms with E-state index in [2.05, 4.69) is 0 Å². The van der Waals surface area contributed by atoms with Crippen LogP contribution in [0.5, 0.6) is 0 Å². The van der Waals surface area contributed by atoms with Gasteiger partial charge in [0.25, 0.3) is 0 Å². The normalized spacial score (nSPS) is 14.2. The van der Waals surface area contributed by atoms with Gasteiger partial charge in [0.1, 0.15) is 11.5 Å². The highest BCUT2D eigenvalue weighted by Crippen LogP contribution is 2.44. The zero-order chi connectivity index (χ0) is 24.2. The van der Waals surface area contributed by atoms with Crippen LogP contribution in [0.3, 0.4) is 0 Å². The molecule has 1 aromatic heterocycles. The Hall–Kier alpha value is -2.80. The second kappa shape index (κ2) is 10.4. The quantitative estimate of drug-likeness (QED) is 0.371. The van der Waals surface area contributed by atoms with E-state index in [0.29, 0.717) is 5.69 Å². The van der Waals surface area contributed by atoms with Crippen LogP contribution >= 0.6 is 7.37 Å². The lowest BCUT2D eigenvalue weighted by molar-refractivity contribution is -0.138. The SMILES string of the molecule is CC(C)n1nc(-c2ccccc2)c(-c2ccc(F)cc2)c1CCP(=O)(O)CC(O)CC(=O)O. The number of carbonyl (C=O) groups is 1. The van der Waals surface area contributed by atoms with Crippen LogP contribution in [0, 0.1) is 5.82 Å². The molecule has 0 spiro atoms. The van der Waals surface area contributed by atoms with Crippen LogP contribution in [-0.4, -0.2) is 49.3 Å². The standard InChI is InChI=1S/C24H28FN2O5P/c1-16(2)27-21(12-13-33(31,32)15-20(28)14-22(29)30)23(17-8-10-19(25)11-9-17)24(26-27)18-6-4-3-5-7-18/h3-11,16,20,28H,12-15H2,1-2H3,(H,29,30)(H,31,32). The van der Waals surface area contributed by atoms with Crippen molar-refractivity contribution in [3.8, 4) is 22.4 Å².